The van der Waals surface area contributed by atoms with E-state index in [1.54, 1.807) is 12.1 Å². The van der Waals surface area contributed by atoms with Gasteiger partial charge in [0.1, 0.15) is 17.0 Å². The number of benzene rings is 3. The number of fused-ring (bicyclic) bond motifs is 1. The molecule has 0 atom stereocenters. The van der Waals surface area contributed by atoms with Gasteiger partial charge in [0, 0.05) is 41.2 Å². The summed E-state index contributed by atoms with van der Waals surface area (Å²) in [5.41, 5.74) is -0.816. The molecule has 39 heavy (non-hydrogen) atoms. The van der Waals surface area contributed by atoms with Gasteiger partial charge in [-0.05, 0) is 49.2 Å². The molecule has 4 aromatic rings. The SMILES string of the molecule is COc1cc2nccc(Oc3c(F)cc(NC(=O)C4(C(=O)Nc5ccc(F)cc5)CC4)cc3F)c2cc1OC. The fourth-order valence-corrected chi connectivity index (χ4v) is 4.09. The Balaban J connectivity index is 1.35. The highest BCUT2D eigenvalue weighted by molar-refractivity contribution is 6.16. The zero-order valence-electron chi connectivity index (χ0n) is 20.8. The van der Waals surface area contributed by atoms with E-state index in [1.807, 2.05) is 0 Å². The second-order valence-electron chi connectivity index (χ2n) is 8.90. The van der Waals surface area contributed by atoms with E-state index in [9.17, 15) is 14.0 Å². The minimum Gasteiger partial charge on any atom is -0.493 e. The summed E-state index contributed by atoms with van der Waals surface area (Å²) in [7, 11) is 2.92. The van der Waals surface area contributed by atoms with Crippen LogP contribution in [-0.4, -0.2) is 31.0 Å². The molecular weight excluding hydrogens is 515 g/mol. The summed E-state index contributed by atoms with van der Waals surface area (Å²) in [5, 5.41) is 5.41. The molecule has 3 aromatic carbocycles. The normalized spacial score (nSPS) is 13.5. The Hall–Kier alpha value is -4.80. The number of hydrogen-bond acceptors (Lipinski definition) is 6. The number of nitrogens with zero attached hydrogens (tertiary/aromatic N) is 1. The summed E-state index contributed by atoms with van der Waals surface area (Å²) in [5.74, 6) is -3.70. The van der Waals surface area contributed by atoms with Gasteiger partial charge in [0.05, 0.1) is 19.7 Å². The van der Waals surface area contributed by atoms with Gasteiger partial charge in [-0.3, -0.25) is 14.6 Å². The highest BCUT2D eigenvalue weighted by Gasteiger charge is 2.56. The third-order valence-electron chi connectivity index (χ3n) is 6.40. The molecular formula is C28H22F3N3O5. The van der Waals surface area contributed by atoms with E-state index in [0.29, 0.717) is 28.1 Å². The highest BCUT2D eigenvalue weighted by atomic mass is 19.1. The largest absolute Gasteiger partial charge is 0.493 e. The summed E-state index contributed by atoms with van der Waals surface area (Å²) >= 11 is 0. The van der Waals surface area contributed by atoms with Gasteiger partial charge in [-0.2, -0.15) is 0 Å². The number of methoxy groups -OCH3 is 2. The lowest BCUT2D eigenvalue weighted by atomic mass is 10.0. The van der Waals surface area contributed by atoms with E-state index in [2.05, 4.69) is 15.6 Å². The van der Waals surface area contributed by atoms with Crippen LogP contribution in [0.15, 0.2) is 60.8 Å². The first-order chi connectivity index (χ1) is 18.7. The van der Waals surface area contributed by atoms with Gasteiger partial charge in [0.2, 0.25) is 11.8 Å². The van der Waals surface area contributed by atoms with Crippen molar-refractivity contribution < 1.29 is 37.0 Å². The van der Waals surface area contributed by atoms with Gasteiger partial charge >= 0.3 is 0 Å². The number of rotatable bonds is 8. The Labute approximate surface area is 220 Å². The number of carbonyl (C=O) groups is 2. The molecule has 8 nitrogen and oxygen atoms in total. The zero-order chi connectivity index (χ0) is 27.7. The molecule has 1 saturated carbocycles. The van der Waals surface area contributed by atoms with E-state index >= 15 is 8.78 Å². The van der Waals surface area contributed by atoms with Crippen molar-refractivity contribution in [3.8, 4) is 23.0 Å². The maximum Gasteiger partial charge on any atom is 0.240 e. The molecule has 1 heterocycles. The van der Waals surface area contributed by atoms with Crippen LogP contribution in [-0.2, 0) is 9.59 Å². The van der Waals surface area contributed by atoms with Crippen molar-refractivity contribution in [2.24, 2.45) is 5.41 Å². The molecule has 5 rings (SSSR count). The van der Waals surface area contributed by atoms with Crippen molar-refractivity contribution >= 4 is 34.1 Å². The van der Waals surface area contributed by atoms with Crippen molar-refractivity contribution in [1.29, 1.82) is 0 Å². The Kier molecular flexibility index (Phi) is 6.73. The van der Waals surface area contributed by atoms with E-state index in [-0.39, 0.29) is 24.3 Å². The molecule has 11 heteroatoms. The lowest BCUT2D eigenvalue weighted by Gasteiger charge is -2.17. The molecule has 0 aliphatic heterocycles. The third kappa shape index (κ3) is 5.02. The van der Waals surface area contributed by atoms with E-state index < -0.39 is 40.4 Å². The summed E-state index contributed by atoms with van der Waals surface area (Å²) in [6.07, 6.45) is 1.92. The van der Waals surface area contributed by atoms with Crippen molar-refractivity contribution in [1.82, 2.24) is 4.98 Å². The van der Waals surface area contributed by atoms with Crippen molar-refractivity contribution in [2.45, 2.75) is 12.8 Å². The molecule has 0 bridgehead atoms. The lowest BCUT2D eigenvalue weighted by Crippen LogP contribution is -2.35. The predicted octanol–water partition coefficient (Wildman–Crippen LogP) is 5.82. The Morgan fingerprint density at radius 1 is 0.795 bits per heavy atom. The first kappa shape index (κ1) is 25.8. The van der Waals surface area contributed by atoms with E-state index in [1.165, 1.54) is 50.7 Å². The first-order valence-corrected chi connectivity index (χ1v) is 11.8. The number of ether oxygens (including phenoxy) is 3. The zero-order valence-corrected chi connectivity index (χ0v) is 20.8. The number of hydrogen-bond donors (Lipinski definition) is 2. The molecule has 1 aromatic heterocycles. The molecule has 0 spiro atoms. The predicted molar refractivity (Wildman–Crippen MR) is 137 cm³/mol. The van der Waals surface area contributed by atoms with Crippen molar-refractivity contribution in [3.05, 3.63) is 78.2 Å². The summed E-state index contributed by atoms with van der Waals surface area (Å²) in [6.45, 7) is 0. The number of anilines is 2. The monoisotopic (exact) mass is 537 g/mol. The van der Waals surface area contributed by atoms with Crippen molar-refractivity contribution in [2.75, 3.05) is 24.9 Å². The molecule has 0 unspecified atom stereocenters. The number of amides is 2. The van der Waals surface area contributed by atoms with Crippen LogP contribution < -0.4 is 24.8 Å². The fourth-order valence-electron chi connectivity index (χ4n) is 4.09. The topological polar surface area (TPSA) is 98.8 Å². The molecule has 0 saturated heterocycles. The summed E-state index contributed by atoms with van der Waals surface area (Å²) in [4.78, 5) is 29.9. The number of nitrogens with one attached hydrogen (secondary N) is 2. The van der Waals surface area contributed by atoms with Crippen LogP contribution >= 0.6 is 0 Å². The molecule has 200 valence electrons. The molecule has 1 fully saturated rings. The Bertz CT molecular complexity index is 1570. The Morgan fingerprint density at radius 3 is 1.97 bits per heavy atom. The molecule has 1 aliphatic rings. The molecule has 1 aliphatic carbocycles. The van der Waals surface area contributed by atoms with Gasteiger partial charge in [0.15, 0.2) is 28.9 Å². The van der Waals surface area contributed by atoms with Crippen LogP contribution in [0, 0.1) is 22.9 Å². The first-order valence-electron chi connectivity index (χ1n) is 11.8. The molecule has 2 N–H and O–H groups in total. The number of aromatic nitrogens is 1. The van der Waals surface area contributed by atoms with Gasteiger partial charge in [-0.15, -0.1) is 0 Å². The van der Waals surface area contributed by atoms with Gasteiger partial charge in [-0.1, -0.05) is 0 Å². The fraction of sp³-hybridized carbons (Fsp3) is 0.179. The highest BCUT2D eigenvalue weighted by Crippen LogP contribution is 2.48. The van der Waals surface area contributed by atoms with Gasteiger partial charge in [-0.25, -0.2) is 13.2 Å². The van der Waals surface area contributed by atoms with Gasteiger partial charge < -0.3 is 24.8 Å². The minimum atomic E-state index is -1.40. The number of carbonyl (C=O) groups excluding carboxylic acids is 2. The second-order valence-corrected chi connectivity index (χ2v) is 8.90. The van der Waals surface area contributed by atoms with Crippen LogP contribution in [0.3, 0.4) is 0 Å². The number of pyridine rings is 1. The molecule has 2 amide bonds. The lowest BCUT2D eigenvalue weighted by molar-refractivity contribution is -0.131. The summed E-state index contributed by atoms with van der Waals surface area (Å²) < 4.78 is 59.3. The third-order valence-corrected chi connectivity index (χ3v) is 6.40. The Morgan fingerprint density at radius 2 is 1.38 bits per heavy atom. The maximum absolute atomic E-state index is 15.0. The average molecular weight is 537 g/mol. The smallest absolute Gasteiger partial charge is 0.240 e. The van der Waals surface area contributed by atoms with Crippen molar-refractivity contribution in [3.63, 3.8) is 0 Å². The van der Waals surface area contributed by atoms with E-state index in [4.69, 9.17) is 14.2 Å². The van der Waals surface area contributed by atoms with Gasteiger partial charge in [0.25, 0.3) is 0 Å². The van der Waals surface area contributed by atoms with Crippen LogP contribution in [0.5, 0.6) is 23.0 Å². The van der Waals surface area contributed by atoms with Crippen LogP contribution in [0.2, 0.25) is 0 Å². The molecule has 0 radical (unpaired) electrons. The average Bonchev–Trinajstić information content (AvgIpc) is 3.74. The standard InChI is InChI=1S/C28H22F3N3O5/c1-37-23-13-18-21(14-24(23)38-2)32-10-7-22(18)39-25-19(30)11-17(12-20(25)31)34-27(36)28(8-9-28)26(35)33-16-5-3-15(29)4-6-16/h3-7,10-14H,8-9H2,1-2H3,(H,33,35)(H,34,36). The summed E-state index contributed by atoms with van der Waals surface area (Å²) in [6, 6.07) is 11.5. The quantitative estimate of drug-likeness (QED) is 0.275. The van der Waals surface area contributed by atoms with Crippen LogP contribution in [0.1, 0.15) is 12.8 Å². The van der Waals surface area contributed by atoms with Crippen LogP contribution in [0.25, 0.3) is 10.9 Å². The second kappa shape index (κ2) is 10.2. The van der Waals surface area contributed by atoms with Crippen LogP contribution in [0.4, 0.5) is 24.5 Å². The maximum atomic E-state index is 15.0. The number of halogens is 3. The minimum absolute atomic E-state index is 0.116. The van der Waals surface area contributed by atoms with E-state index in [0.717, 1.165) is 12.1 Å².